The van der Waals surface area contributed by atoms with Gasteiger partial charge in [-0.2, -0.15) is 5.10 Å². The number of ether oxygens (including phenoxy) is 2. The molecule has 1 aliphatic heterocycles. The molecule has 9 heteroatoms. The molecule has 1 saturated heterocycles. The van der Waals surface area contributed by atoms with E-state index in [0.29, 0.717) is 33.7 Å². The maximum Gasteiger partial charge on any atom is 0.266 e. The van der Waals surface area contributed by atoms with Crippen molar-refractivity contribution in [3.05, 3.63) is 95.0 Å². The molecule has 0 aliphatic carbocycles. The van der Waals surface area contributed by atoms with Crippen molar-refractivity contribution in [1.82, 2.24) is 14.7 Å². The lowest BCUT2D eigenvalue weighted by atomic mass is 10.1. The van der Waals surface area contributed by atoms with E-state index in [4.69, 9.17) is 26.8 Å². The smallest absolute Gasteiger partial charge is 0.266 e. The first-order valence-electron chi connectivity index (χ1n) is 13.3. The van der Waals surface area contributed by atoms with Crippen LogP contribution in [0.4, 0.5) is 0 Å². The number of carbonyl (C=O) groups excluding carboxylic acids is 1. The van der Waals surface area contributed by atoms with Crippen LogP contribution in [0.3, 0.4) is 0 Å². The third-order valence-electron chi connectivity index (χ3n) is 6.60. The van der Waals surface area contributed by atoms with Crippen LogP contribution in [0.2, 0.25) is 0 Å². The highest BCUT2D eigenvalue weighted by atomic mass is 32.2. The first kappa shape index (κ1) is 29.0. The van der Waals surface area contributed by atoms with E-state index in [2.05, 4.69) is 31.2 Å². The number of thiocarbonyl (C=S) groups is 1. The first-order chi connectivity index (χ1) is 20.0. The average Bonchev–Trinajstić information content (AvgIpc) is 3.55. The monoisotopic (exact) mass is 601 g/mol. The van der Waals surface area contributed by atoms with Crippen LogP contribution in [-0.4, -0.2) is 51.4 Å². The fraction of sp³-hybridized carbons (Fsp3) is 0.219. The molecule has 0 radical (unpaired) electrons. The molecular weight excluding hydrogens is 571 g/mol. The topological polar surface area (TPSA) is 56.6 Å². The second-order valence-corrected chi connectivity index (χ2v) is 12.2. The van der Waals surface area contributed by atoms with Gasteiger partial charge in [-0.15, -0.1) is 11.8 Å². The van der Waals surface area contributed by atoms with Gasteiger partial charge in [0.05, 0.1) is 30.5 Å². The number of aromatic nitrogens is 2. The predicted octanol–water partition coefficient (Wildman–Crippen LogP) is 7.50. The third kappa shape index (κ3) is 6.69. The molecule has 4 aromatic rings. The van der Waals surface area contributed by atoms with Crippen molar-refractivity contribution >= 4 is 52.0 Å². The number of benzene rings is 3. The number of carbonyl (C=O) groups is 1. The number of amides is 1. The van der Waals surface area contributed by atoms with Gasteiger partial charge in [0.2, 0.25) is 0 Å². The molecule has 41 heavy (non-hydrogen) atoms. The van der Waals surface area contributed by atoms with Gasteiger partial charge in [0.15, 0.2) is 11.5 Å². The SMILES string of the molecule is CCCSc1ccc(-c2nn(-c3ccccc3)cc2C=C2SC(=S)N(CCc3ccc(OC)c(OC)c3)C2=O)cc1. The summed E-state index contributed by atoms with van der Waals surface area (Å²) in [5, 5.41) is 4.93. The number of nitrogens with zero attached hydrogens (tertiary/aromatic N) is 3. The number of para-hydroxylation sites is 1. The Kier molecular flexibility index (Phi) is 9.49. The van der Waals surface area contributed by atoms with E-state index in [9.17, 15) is 4.79 Å². The van der Waals surface area contributed by atoms with Gasteiger partial charge in [0.25, 0.3) is 5.91 Å². The molecule has 0 atom stereocenters. The molecule has 0 N–H and O–H groups in total. The van der Waals surface area contributed by atoms with Gasteiger partial charge in [0.1, 0.15) is 4.32 Å². The molecule has 1 aromatic heterocycles. The van der Waals surface area contributed by atoms with Gasteiger partial charge in [-0.1, -0.05) is 67.3 Å². The van der Waals surface area contributed by atoms with E-state index in [1.54, 1.807) is 19.1 Å². The van der Waals surface area contributed by atoms with Crippen LogP contribution in [0, 0.1) is 0 Å². The lowest BCUT2D eigenvalue weighted by molar-refractivity contribution is -0.122. The number of methoxy groups -OCH3 is 2. The lowest BCUT2D eigenvalue weighted by Gasteiger charge is -2.15. The highest BCUT2D eigenvalue weighted by Gasteiger charge is 2.32. The standard InChI is InChI=1S/C32H31N3O3S3/c1-4-18-40-26-13-11-23(12-14-26)30-24(21-35(33-30)25-8-6-5-7-9-25)20-29-31(36)34(32(39)41-29)17-16-22-10-15-27(37-2)28(19-22)38-3/h5-15,19-21H,4,16-18H2,1-3H3. The van der Waals surface area contributed by atoms with Gasteiger partial charge in [-0.25, -0.2) is 4.68 Å². The Morgan fingerprint density at radius 1 is 1.00 bits per heavy atom. The van der Waals surface area contributed by atoms with Crippen molar-refractivity contribution in [2.45, 2.75) is 24.7 Å². The highest BCUT2D eigenvalue weighted by Crippen LogP contribution is 2.36. The van der Waals surface area contributed by atoms with Crippen LogP contribution in [-0.2, 0) is 11.2 Å². The van der Waals surface area contributed by atoms with Gasteiger partial charge in [0, 0.05) is 28.8 Å². The summed E-state index contributed by atoms with van der Waals surface area (Å²) in [5.41, 5.74) is 4.66. The summed E-state index contributed by atoms with van der Waals surface area (Å²) in [6, 6.07) is 24.2. The quantitative estimate of drug-likeness (QED) is 0.100. The predicted molar refractivity (Wildman–Crippen MR) is 173 cm³/mol. The molecule has 2 heterocycles. The van der Waals surface area contributed by atoms with Crippen LogP contribution in [0.25, 0.3) is 23.0 Å². The van der Waals surface area contributed by atoms with E-state index in [1.807, 2.05) is 77.2 Å². The number of hydrogen-bond acceptors (Lipinski definition) is 7. The van der Waals surface area contributed by atoms with Gasteiger partial charge in [-0.05, 0) is 66.6 Å². The van der Waals surface area contributed by atoms with Crippen molar-refractivity contribution in [3.8, 4) is 28.4 Å². The van der Waals surface area contributed by atoms with Gasteiger partial charge < -0.3 is 9.47 Å². The zero-order valence-corrected chi connectivity index (χ0v) is 25.7. The third-order valence-corrected chi connectivity index (χ3v) is 9.19. The molecule has 0 saturated carbocycles. The number of hydrogen-bond donors (Lipinski definition) is 0. The Bertz CT molecular complexity index is 1570. The van der Waals surface area contributed by atoms with Crippen molar-refractivity contribution in [2.24, 2.45) is 0 Å². The largest absolute Gasteiger partial charge is 0.493 e. The highest BCUT2D eigenvalue weighted by molar-refractivity contribution is 8.26. The first-order valence-corrected chi connectivity index (χ1v) is 15.6. The minimum absolute atomic E-state index is 0.0924. The zero-order chi connectivity index (χ0) is 28.8. The van der Waals surface area contributed by atoms with Crippen LogP contribution in [0.1, 0.15) is 24.5 Å². The molecular formula is C32H31N3O3S3. The number of thioether (sulfide) groups is 2. The van der Waals surface area contributed by atoms with E-state index in [1.165, 1.54) is 16.7 Å². The Labute approximate surface area is 254 Å². The second-order valence-electron chi connectivity index (χ2n) is 9.36. The molecule has 1 amide bonds. The van der Waals surface area contributed by atoms with Gasteiger partial charge >= 0.3 is 0 Å². The van der Waals surface area contributed by atoms with E-state index in [0.717, 1.165) is 40.2 Å². The van der Waals surface area contributed by atoms with Crippen LogP contribution >= 0.6 is 35.7 Å². The van der Waals surface area contributed by atoms with Crippen LogP contribution in [0.15, 0.2) is 88.8 Å². The van der Waals surface area contributed by atoms with E-state index >= 15 is 0 Å². The minimum atomic E-state index is -0.0924. The fourth-order valence-electron chi connectivity index (χ4n) is 4.47. The Morgan fingerprint density at radius 2 is 1.76 bits per heavy atom. The van der Waals surface area contributed by atoms with E-state index in [-0.39, 0.29) is 5.91 Å². The Balaban J connectivity index is 1.41. The van der Waals surface area contributed by atoms with Crippen molar-refractivity contribution in [1.29, 1.82) is 0 Å². The van der Waals surface area contributed by atoms with Gasteiger partial charge in [-0.3, -0.25) is 9.69 Å². The lowest BCUT2D eigenvalue weighted by Crippen LogP contribution is -2.30. The maximum absolute atomic E-state index is 13.5. The van der Waals surface area contributed by atoms with Crippen LogP contribution < -0.4 is 9.47 Å². The maximum atomic E-state index is 13.5. The average molecular weight is 602 g/mol. The summed E-state index contributed by atoms with van der Waals surface area (Å²) in [7, 11) is 3.23. The fourth-order valence-corrected chi connectivity index (χ4v) is 6.54. The molecule has 0 bridgehead atoms. The molecule has 210 valence electrons. The summed E-state index contributed by atoms with van der Waals surface area (Å²) >= 11 is 8.81. The summed E-state index contributed by atoms with van der Waals surface area (Å²) < 4.78 is 13.2. The normalized spacial score (nSPS) is 14.2. The molecule has 0 unspecified atom stereocenters. The summed E-state index contributed by atoms with van der Waals surface area (Å²) in [6.45, 7) is 2.66. The van der Waals surface area contributed by atoms with Crippen molar-refractivity contribution in [3.63, 3.8) is 0 Å². The summed E-state index contributed by atoms with van der Waals surface area (Å²) in [5.74, 6) is 2.33. The number of rotatable bonds is 11. The molecule has 5 rings (SSSR count). The Morgan fingerprint density at radius 3 is 2.46 bits per heavy atom. The summed E-state index contributed by atoms with van der Waals surface area (Å²) in [4.78, 5) is 17.0. The van der Waals surface area contributed by atoms with Crippen molar-refractivity contribution in [2.75, 3.05) is 26.5 Å². The van der Waals surface area contributed by atoms with Crippen LogP contribution in [0.5, 0.6) is 11.5 Å². The summed E-state index contributed by atoms with van der Waals surface area (Å²) in [6.07, 6.45) is 5.65. The molecule has 3 aromatic carbocycles. The Hall–Kier alpha value is -3.53. The zero-order valence-electron chi connectivity index (χ0n) is 23.2. The second kappa shape index (κ2) is 13.4. The molecule has 1 aliphatic rings. The van der Waals surface area contributed by atoms with E-state index < -0.39 is 0 Å². The van der Waals surface area contributed by atoms with Crippen molar-refractivity contribution < 1.29 is 14.3 Å². The molecule has 0 spiro atoms. The minimum Gasteiger partial charge on any atom is -0.493 e. The molecule has 1 fully saturated rings. The molecule has 6 nitrogen and oxygen atoms in total.